The summed E-state index contributed by atoms with van der Waals surface area (Å²) in [6.07, 6.45) is 0. The van der Waals surface area contributed by atoms with E-state index in [4.69, 9.17) is 17.4 Å². The van der Waals surface area contributed by atoms with Crippen LogP contribution in [0.4, 0.5) is 15.8 Å². The van der Waals surface area contributed by atoms with Crippen molar-refractivity contribution >= 4 is 28.9 Å². The minimum Gasteiger partial charge on any atom is -0.324 e. The normalized spacial score (nSPS) is 10.2. The van der Waals surface area contributed by atoms with Gasteiger partial charge in [-0.15, -0.1) is 0 Å². The molecule has 104 valence electrons. The SMILES string of the molecule is Cc1cc(NN)ccc1C(=O)Nc1cc(Cl)ccc1F. The van der Waals surface area contributed by atoms with Crippen LogP contribution in [0.2, 0.25) is 5.02 Å². The lowest BCUT2D eigenvalue weighted by atomic mass is 10.1. The van der Waals surface area contributed by atoms with E-state index in [1.807, 2.05) is 0 Å². The summed E-state index contributed by atoms with van der Waals surface area (Å²) in [7, 11) is 0. The number of aryl methyl sites for hydroxylation is 1. The molecule has 0 aromatic heterocycles. The Morgan fingerprint density at radius 2 is 2.00 bits per heavy atom. The Morgan fingerprint density at radius 3 is 2.65 bits per heavy atom. The third kappa shape index (κ3) is 3.07. The fourth-order valence-electron chi connectivity index (χ4n) is 1.79. The van der Waals surface area contributed by atoms with Gasteiger partial charge >= 0.3 is 0 Å². The van der Waals surface area contributed by atoms with Crippen LogP contribution >= 0.6 is 11.6 Å². The summed E-state index contributed by atoms with van der Waals surface area (Å²) >= 11 is 5.78. The first-order valence-electron chi connectivity index (χ1n) is 5.85. The van der Waals surface area contributed by atoms with Crippen molar-refractivity contribution in [2.24, 2.45) is 5.84 Å². The smallest absolute Gasteiger partial charge is 0.256 e. The monoisotopic (exact) mass is 293 g/mol. The maximum atomic E-state index is 13.6. The first-order valence-corrected chi connectivity index (χ1v) is 6.22. The molecule has 0 saturated carbocycles. The van der Waals surface area contributed by atoms with Gasteiger partial charge in [-0.25, -0.2) is 4.39 Å². The number of anilines is 2. The number of rotatable bonds is 3. The highest BCUT2D eigenvalue weighted by Gasteiger charge is 2.12. The van der Waals surface area contributed by atoms with E-state index in [0.29, 0.717) is 16.3 Å². The predicted molar refractivity (Wildman–Crippen MR) is 78.4 cm³/mol. The Kier molecular flexibility index (Phi) is 4.22. The number of halogens is 2. The average molecular weight is 294 g/mol. The van der Waals surface area contributed by atoms with Gasteiger partial charge < -0.3 is 10.7 Å². The van der Waals surface area contributed by atoms with Crippen LogP contribution in [-0.4, -0.2) is 5.91 Å². The number of carbonyl (C=O) groups is 1. The van der Waals surface area contributed by atoms with Crippen LogP contribution in [0.3, 0.4) is 0 Å². The molecule has 6 heteroatoms. The van der Waals surface area contributed by atoms with Gasteiger partial charge in [-0.3, -0.25) is 10.6 Å². The lowest BCUT2D eigenvalue weighted by Crippen LogP contribution is -2.15. The molecule has 2 rings (SSSR count). The number of hydrogen-bond donors (Lipinski definition) is 3. The van der Waals surface area contributed by atoms with Crippen LogP contribution in [0.5, 0.6) is 0 Å². The van der Waals surface area contributed by atoms with E-state index < -0.39 is 11.7 Å². The van der Waals surface area contributed by atoms with Crippen LogP contribution < -0.4 is 16.6 Å². The van der Waals surface area contributed by atoms with Gasteiger partial charge in [0.15, 0.2) is 0 Å². The summed E-state index contributed by atoms with van der Waals surface area (Å²) < 4.78 is 13.6. The van der Waals surface area contributed by atoms with Gasteiger partial charge in [0.2, 0.25) is 0 Å². The fourth-order valence-corrected chi connectivity index (χ4v) is 1.96. The van der Waals surface area contributed by atoms with Gasteiger partial charge in [-0.2, -0.15) is 0 Å². The Morgan fingerprint density at radius 1 is 1.25 bits per heavy atom. The molecule has 0 saturated heterocycles. The van der Waals surface area contributed by atoms with Crippen molar-refractivity contribution in [2.45, 2.75) is 6.92 Å². The summed E-state index contributed by atoms with van der Waals surface area (Å²) in [5.41, 5.74) is 4.38. The van der Waals surface area contributed by atoms with E-state index in [0.717, 1.165) is 5.56 Å². The number of nitrogen functional groups attached to an aromatic ring is 1. The summed E-state index contributed by atoms with van der Waals surface area (Å²) in [5.74, 6) is 4.34. The summed E-state index contributed by atoms with van der Waals surface area (Å²) in [6, 6.07) is 8.98. The lowest BCUT2D eigenvalue weighted by molar-refractivity contribution is 0.102. The highest BCUT2D eigenvalue weighted by Crippen LogP contribution is 2.21. The molecular weight excluding hydrogens is 281 g/mol. The molecule has 0 aliphatic rings. The molecule has 0 aliphatic carbocycles. The Bertz CT molecular complexity index is 661. The molecule has 0 fully saturated rings. The molecular formula is C14H13ClFN3O. The molecule has 2 aromatic rings. The van der Waals surface area contributed by atoms with Crippen LogP contribution in [0.15, 0.2) is 36.4 Å². The largest absolute Gasteiger partial charge is 0.324 e. The first-order chi connectivity index (χ1) is 9.51. The Labute approximate surface area is 120 Å². The van der Waals surface area contributed by atoms with Crippen LogP contribution in [0, 0.1) is 12.7 Å². The van der Waals surface area contributed by atoms with Crippen molar-refractivity contribution in [3.05, 3.63) is 58.4 Å². The maximum absolute atomic E-state index is 13.6. The van der Waals surface area contributed by atoms with Crippen LogP contribution in [0.1, 0.15) is 15.9 Å². The molecule has 4 N–H and O–H groups in total. The highest BCUT2D eigenvalue weighted by atomic mass is 35.5. The van der Waals surface area contributed by atoms with Crippen molar-refractivity contribution < 1.29 is 9.18 Å². The van der Waals surface area contributed by atoms with Gasteiger partial charge in [-0.05, 0) is 48.9 Å². The summed E-state index contributed by atoms with van der Waals surface area (Å²) in [6.45, 7) is 1.77. The summed E-state index contributed by atoms with van der Waals surface area (Å²) in [4.78, 5) is 12.1. The molecule has 0 unspecified atom stereocenters. The minimum atomic E-state index is -0.541. The molecule has 0 radical (unpaired) electrons. The molecule has 1 amide bonds. The number of hydrogen-bond acceptors (Lipinski definition) is 3. The van der Waals surface area contributed by atoms with E-state index in [9.17, 15) is 9.18 Å². The number of hydrazine groups is 1. The average Bonchev–Trinajstić information content (AvgIpc) is 2.42. The van der Waals surface area contributed by atoms with Gasteiger partial charge in [0.25, 0.3) is 5.91 Å². The van der Waals surface area contributed by atoms with Crippen molar-refractivity contribution in [1.29, 1.82) is 0 Å². The highest BCUT2D eigenvalue weighted by molar-refractivity contribution is 6.31. The molecule has 0 heterocycles. The van der Waals surface area contributed by atoms with Crippen molar-refractivity contribution in [2.75, 3.05) is 10.7 Å². The maximum Gasteiger partial charge on any atom is 0.256 e. The Balaban J connectivity index is 2.26. The fraction of sp³-hybridized carbons (Fsp3) is 0.0714. The van der Waals surface area contributed by atoms with Crippen molar-refractivity contribution in [3.8, 4) is 0 Å². The van der Waals surface area contributed by atoms with Crippen LogP contribution in [0.25, 0.3) is 0 Å². The molecule has 2 aromatic carbocycles. The second-order valence-electron chi connectivity index (χ2n) is 4.25. The summed E-state index contributed by atoms with van der Waals surface area (Å²) in [5, 5.41) is 2.84. The van der Waals surface area contributed by atoms with E-state index in [1.165, 1.54) is 18.2 Å². The number of amides is 1. The molecule has 0 aliphatic heterocycles. The number of nitrogens with two attached hydrogens (primary N) is 1. The first kappa shape index (κ1) is 14.3. The van der Waals surface area contributed by atoms with Crippen molar-refractivity contribution in [1.82, 2.24) is 0 Å². The molecule has 0 atom stereocenters. The van der Waals surface area contributed by atoms with Gasteiger partial charge in [-0.1, -0.05) is 11.6 Å². The third-order valence-electron chi connectivity index (χ3n) is 2.81. The van der Waals surface area contributed by atoms with Crippen molar-refractivity contribution in [3.63, 3.8) is 0 Å². The third-order valence-corrected chi connectivity index (χ3v) is 3.05. The number of nitrogens with one attached hydrogen (secondary N) is 2. The van der Waals surface area contributed by atoms with Gasteiger partial charge in [0, 0.05) is 16.3 Å². The second-order valence-corrected chi connectivity index (χ2v) is 4.69. The predicted octanol–water partition coefficient (Wildman–Crippen LogP) is 3.33. The zero-order chi connectivity index (χ0) is 14.7. The van der Waals surface area contributed by atoms with Gasteiger partial charge in [0.05, 0.1) is 5.69 Å². The zero-order valence-electron chi connectivity index (χ0n) is 10.7. The zero-order valence-corrected chi connectivity index (χ0v) is 11.5. The topological polar surface area (TPSA) is 67.1 Å². The quantitative estimate of drug-likeness (QED) is 0.601. The minimum absolute atomic E-state index is 0.0444. The van der Waals surface area contributed by atoms with Crippen LogP contribution in [-0.2, 0) is 0 Å². The molecule has 4 nitrogen and oxygen atoms in total. The standard InChI is InChI=1S/C14H13ClFN3O/c1-8-6-10(19-17)3-4-11(8)14(20)18-13-7-9(15)2-5-12(13)16/h2-7,19H,17H2,1H3,(H,18,20). The Hall–Kier alpha value is -2.11. The van der Waals surface area contributed by atoms with E-state index in [-0.39, 0.29) is 5.69 Å². The van der Waals surface area contributed by atoms with Gasteiger partial charge in [0.1, 0.15) is 5.82 Å². The molecule has 0 bridgehead atoms. The second kappa shape index (κ2) is 5.90. The number of benzene rings is 2. The number of carbonyl (C=O) groups excluding carboxylic acids is 1. The van der Waals surface area contributed by atoms with E-state index in [1.54, 1.807) is 25.1 Å². The molecule has 20 heavy (non-hydrogen) atoms. The molecule has 0 spiro atoms. The van der Waals surface area contributed by atoms with E-state index in [2.05, 4.69) is 10.7 Å². The lowest BCUT2D eigenvalue weighted by Gasteiger charge is -2.10. The van der Waals surface area contributed by atoms with E-state index >= 15 is 0 Å².